The molecule has 1 unspecified atom stereocenters. The van der Waals surface area contributed by atoms with Crippen molar-refractivity contribution in [2.75, 3.05) is 4.90 Å². The third kappa shape index (κ3) is 6.46. The monoisotopic (exact) mass is 721 g/mol. The molecule has 1 atom stereocenters. The molecule has 0 bridgehead atoms. The molecule has 0 saturated carbocycles. The molecule has 56 heavy (non-hydrogen) atoms. The van der Waals surface area contributed by atoms with Crippen molar-refractivity contribution in [2.45, 2.75) is 25.3 Å². The van der Waals surface area contributed by atoms with E-state index in [9.17, 15) is 0 Å². The fraction of sp³-hybridized carbons (Fsp3) is 0.0769. The average molecular weight is 722 g/mol. The summed E-state index contributed by atoms with van der Waals surface area (Å²) >= 11 is 0. The van der Waals surface area contributed by atoms with Gasteiger partial charge in [-0.3, -0.25) is 0 Å². The fourth-order valence-electron chi connectivity index (χ4n) is 8.11. The highest BCUT2D eigenvalue weighted by molar-refractivity contribution is 6.12. The van der Waals surface area contributed by atoms with Crippen molar-refractivity contribution in [1.82, 2.24) is 9.97 Å². The van der Waals surface area contributed by atoms with Crippen LogP contribution in [0.1, 0.15) is 30.4 Å². The maximum Gasteiger partial charge on any atom is 0.161 e. The molecule has 0 fully saturated rings. The highest BCUT2D eigenvalue weighted by atomic mass is 16.3. The molecule has 2 aliphatic carbocycles. The first-order valence-corrected chi connectivity index (χ1v) is 19.4. The molecule has 6 aromatic carbocycles. The number of aromatic nitrogens is 2. The van der Waals surface area contributed by atoms with E-state index in [1.54, 1.807) is 0 Å². The topological polar surface area (TPSA) is 42.2 Å². The van der Waals surface area contributed by atoms with E-state index in [0.29, 0.717) is 5.82 Å². The van der Waals surface area contributed by atoms with Crippen molar-refractivity contribution in [3.63, 3.8) is 0 Å². The summed E-state index contributed by atoms with van der Waals surface area (Å²) in [5.74, 6) is 0.667. The smallest absolute Gasteiger partial charge is 0.161 e. The summed E-state index contributed by atoms with van der Waals surface area (Å²) in [4.78, 5) is 12.8. The van der Waals surface area contributed by atoms with E-state index < -0.39 is 0 Å². The minimum Gasteiger partial charge on any atom is -0.456 e. The summed E-state index contributed by atoms with van der Waals surface area (Å²) in [6.45, 7) is 0. The molecular weight excluding hydrogens is 683 g/mol. The Labute approximate surface area is 327 Å². The van der Waals surface area contributed by atoms with E-state index in [4.69, 9.17) is 14.4 Å². The van der Waals surface area contributed by atoms with Gasteiger partial charge in [-0.1, -0.05) is 152 Å². The van der Waals surface area contributed by atoms with Gasteiger partial charge in [0, 0.05) is 44.9 Å². The normalized spacial score (nSPS) is 15.2. The van der Waals surface area contributed by atoms with Gasteiger partial charge in [0.05, 0.1) is 17.4 Å². The molecule has 2 aromatic heterocycles. The molecule has 0 aliphatic heterocycles. The van der Waals surface area contributed by atoms with Crippen molar-refractivity contribution in [1.29, 1.82) is 0 Å². The van der Waals surface area contributed by atoms with Crippen LogP contribution in [0.2, 0.25) is 0 Å². The summed E-state index contributed by atoms with van der Waals surface area (Å²) in [5, 5.41) is 2.04. The van der Waals surface area contributed by atoms with E-state index in [-0.39, 0.29) is 6.04 Å². The van der Waals surface area contributed by atoms with Gasteiger partial charge < -0.3 is 9.32 Å². The number of fused-ring (bicyclic) bond motifs is 3. The number of anilines is 2. The Morgan fingerprint density at radius 1 is 0.571 bits per heavy atom. The van der Waals surface area contributed by atoms with Gasteiger partial charge in [-0.15, -0.1) is 0 Å². The van der Waals surface area contributed by atoms with Crippen molar-refractivity contribution in [3.8, 4) is 33.9 Å². The van der Waals surface area contributed by atoms with Gasteiger partial charge in [-0.2, -0.15) is 0 Å². The number of hydrogen-bond acceptors (Lipinski definition) is 4. The zero-order valence-corrected chi connectivity index (χ0v) is 30.9. The molecule has 268 valence electrons. The number of hydrogen-bond donors (Lipinski definition) is 0. The second-order valence-electron chi connectivity index (χ2n) is 14.4. The quantitative estimate of drug-likeness (QED) is 0.157. The number of furan rings is 1. The van der Waals surface area contributed by atoms with Crippen molar-refractivity contribution < 1.29 is 4.42 Å². The summed E-state index contributed by atoms with van der Waals surface area (Å²) in [6, 6.07) is 55.4. The van der Waals surface area contributed by atoms with Gasteiger partial charge in [0.15, 0.2) is 5.82 Å². The van der Waals surface area contributed by atoms with Crippen LogP contribution < -0.4 is 4.90 Å². The lowest BCUT2D eigenvalue weighted by Gasteiger charge is -2.33. The summed E-state index contributed by atoms with van der Waals surface area (Å²) in [5.41, 5.74) is 13.7. The van der Waals surface area contributed by atoms with E-state index in [2.05, 4.69) is 151 Å². The first-order valence-electron chi connectivity index (χ1n) is 19.4. The number of rotatable bonds is 8. The van der Waals surface area contributed by atoms with Crippen LogP contribution >= 0.6 is 0 Å². The fourth-order valence-corrected chi connectivity index (χ4v) is 8.11. The van der Waals surface area contributed by atoms with Gasteiger partial charge in [0.1, 0.15) is 11.2 Å². The highest BCUT2D eigenvalue weighted by Gasteiger charge is 2.24. The molecule has 0 N–H and O–H groups in total. The first kappa shape index (κ1) is 33.5. The van der Waals surface area contributed by atoms with Gasteiger partial charge in [0.25, 0.3) is 0 Å². The SMILES string of the molecule is C1=CCCC(c2ccc(N(c3ccc4c(c3)oc3cccc(-c5nc(-c6ccccc6)cc(-c6ccccc6)n5)c34)C3C=C(c4ccccc4)C=CC3)cc2)=C1. The summed E-state index contributed by atoms with van der Waals surface area (Å²) < 4.78 is 6.72. The summed E-state index contributed by atoms with van der Waals surface area (Å²) in [6.07, 6.45) is 16.6. The molecule has 4 nitrogen and oxygen atoms in total. The lowest BCUT2D eigenvalue weighted by atomic mass is 9.94. The second kappa shape index (κ2) is 14.7. The van der Waals surface area contributed by atoms with Crippen LogP contribution in [0.5, 0.6) is 0 Å². The Hall–Kier alpha value is -7.04. The van der Waals surface area contributed by atoms with Gasteiger partial charge in [-0.25, -0.2) is 9.97 Å². The largest absolute Gasteiger partial charge is 0.456 e. The number of allylic oxidation sites excluding steroid dienone is 6. The molecule has 0 radical (unpaired) electrons. The molecular formula is C52H39N3O. The van der Waals surface area contributed by atoms with Gasteiger partial charge in [-0.05, 0) is 77.9 Å². The summed E-state index contributed by atoms with van der Waals surface area (Å²) in [7, 11) is 0. The number of benzene rings is 6. The van der Waals surface area contributed by atoms with E-state index >= 15 is 0 Å². The van der Waals surface area contributed by atoms with E-state index in [1.807, 2.05) is 48.5 Å². The Morgan fingerprint density at radius 2 is 1.25 bits per heavy atom. The standard InChI is InChI=1S/C52H39N3O/c1-5-15-36(16-6-1)38-27-29-42(30-28-38)55(43-24-13-23-41(33-43)37-17-7-2-8-18-37)44-31-32-45-50(34-44)56-49-26-14-25-46(51(45)49)52-53-47(39-19-9-3-10-20-39)35-48(54-52)40-21-11-4-12-22-40/h1-5,7-15,17-23,25-35,43H,6,16,24H2. The van der Waals surface area contributed by atoms with Crippen LogP contribution in [0.25, 0.3) is 67.0 Å². The van der Waals surface area contributed by atoms with Crippen LogP contribution in [-0.4, -0.2) is 16.0 Å². The second-order valence-corrected chi connectivity index (χ2v) is 14.4. The van der Waals surface area contributed by atoms with Crippen molar-refractivity contribution in [3.05, 3.63) is 205 Å². The zero-order valence-electron chi connectivity index (χ0n) is 30.9. The lowest BCUT2D eigenvalue weighted by molar-refractivity contribution is 0.668. The first-order chi connectivity index (χ1) is 27.7. The molecule has 8 aromatic rings. The van der Waals surface area contributed by atoms with E-state index in [1.165, 1.54) is 22.3 Å². The van der Waals surface area contributed by atoms with Crippen LogP contribution in [0, 0.1) is 0 Å². The molecule has 10 rings (SSSR count). The van der Waals surface area contributed by atoms with Crippen LogP contribution in [0.3, 0.4) is 0 Å². The predicted octanol–water partition coefficient (Wildman–Crippen LogP) is 13.7. The van der Waals surface area contributed by atoms with Crippen LogP contribution in [-0.2, 0) is 0 Å². The average Bonchev–Trinajstić information content (AvgIpc) is 3.66. The maximum atomic E-state index is 6.72. The van der Waals surface area contributed by atoms with E-state index in [0.717, 1.165) is 80.7 Å². The lowest BCUT2D eigenvalue weighted by Crippen LogP contribution is -2.30. The molecule has 0 amide bonds. The Kier molecular flexibility index (Phi) is 8.77. The Balaban J connectivity index is 1.10. The molecule has 0 saturated heterocycles. The maximum absolute atomic E-state index is 6.72. The zero-order chi connectivity index (χ0) is 37.3. The molecule has 4 heteroatoms. The Bertz CT molecular complexity index is 2750. The van der Waals surface area contributed by atoms with Gasteiger partial charge in [0.2, 0.25) is 0 Å². The van der Waals surface area contributed by atoms with Crippen molar-refractivity contribution >= 4 is 44.5 Å². The minimum absolute atomic E-state index is 0.0980. The third-order valence-corrected chi connectivity index (χ3v) is 10.9. The minimum atomic E-state index is 0.0980. The Morgan fingerprint density at radius 3 is 1.93 bits per heavy atom. The number of nitrogens with zero attached hydrogens (tertiary/aromatic N) is 3. The predicted molar refractivity (Wildman–Crippen MR) is 233 cm³/mol. The third-order valence-electron chi connectivity index (χ3n) is 10.9. The van der Waals surface area contributed by atoms with Crippen LogP contribution in [0.15, 0.2) is 199 Å². The highest BCUT2D eigenvalue weighted by Crippen LogP contribution is 2.41. The van der Waals surface area contributed by atoms with Crippen LogP contribution in [0.4, 0.5) is 11.4 Å². The van der Waals surface area contributed by atoms with Crippen molar-refractivity contribution in [2.24, 2.45) is 0 Å². The molecule has 0 spiro atoms. The van der Waals surface area contributed by atoms with Gasteiger partial charge >= 0.3 is 0 Å². The molecule has 2 heterocycles. The molecule has 2 aliphatic rings.